The summed E-state index contributed by atoms with van der Waals surface area (Å²) in [5, 5.41) is 11.6. The Labute approximate surface area is 137 Å². The first-order valence-corrected chi connectivity index (χ1v) is 8.21. The minimum atomic E-state index is 0.718. The zero-order valence-corrected chi connectivity index (χ0v) is 13.9. The Morgan fingerprint density at radius 3 is 2.65 bits per heavy atom. The van der Waals surface area contributed by atoms with Gasteiger partial charge in [0.25, 0.3) is 0 Å². The van der Waals surface area contributed by atoms with Crippen molar-refractivity contribution in [3.05, 3.63) is 41.6 Å². The summed E-state index contributed by atoms with van der Waals surface area (Å²) in [5.41, 5.74) is 2.54. The van der Waals surface area contributed by atoms with Gasteiger partial charge in [0.2, 0.25) is 5.95 Å². The van der Waals surface area contributed by atoms with Crippen LogP contribution in [0.2, 0.25) is 0 Å². The molecule has 0 aliphatic carbocycles. The zero-order chi connectivity index (χ0) is 16.1. The lowest BCUT2D eigenvalue weighted by molar-refractivity contribution is 0.269. The van der Waals surface area contributed by atoms with Crippen LogP contribution in [0.25, 0.3) is 0 Å². The molecule has 0 atom stereocenters. The summed E-state index contributed by atoms with van der Waals surface area (Å²) in [6.07, 6.45) is 1.68. The largest absolute Gasteiger partial charge is 0.365 e. The molecule has 0 spiro atoms. The number of rotatable bonds is 5. The number of anilines is 2. The van der Waals surface area contributed by atoms with E-state index in [1.54, 1.807) is 6.20 Å². The fourth-order valence-electron chi connectivity index (χ4n) is 2.77. The molecule has 0 radical (unpaired) electrons. The van der Waals surface area contributed by atoms with E-state index in [1.807, 2.05) is 0 Å². The fourth-order valence-corrected chi connectivity index (χ4v) is 2.77. The molecule has 6 heteroatoms. The minimum Gasteiger partial charge on any atom is -0.365 e. The lowest BCUT2D eigenvalue weighted by atomic mass is 10.1. The molecule has 1 saturated heterocycles. The summed E-state index contributed by atoms with van der Waals surface area (Å²) >= 11 is 0. The number of benzene rings is 1. The van der Waals surface area contributed by atoms with Gasteiger partial charge in [-0.1, -0.05) is 31.2 Å². The lowest BCUT2D eigenvalue weighted by Gasteiger charge is -2.33. The molecule has 0 amide bonds. The maximum atomic E-state index is 4.61. The van der Waals surface area contributed by atoms with Crippen molar-refractivity contribution >= 4 is 11.8 Å². The molecule has 0 unspecified atom stereocenters. The SMILES string of the molecule is CCN1CCN(c2nncc(NCc3ccccc3C)n2)CC1. The van der Waals surface area contributed by atoms with Gasteiger partial charge in [0.05, 0.1) is 6.20 Å². The highest BCUT2D eigenvalue weighted by molar-refractivity contribution is 5.40. The third-order valence-electron chi connectivity index (χ3n) is 4.37. The van der Waals surface area contributed by atoms with Crippen molar-refractivity contribution in [2.75, 3.05) is 42.9 Å². The van der Waals surface area contributed by atoms with Gasteiger partial charge >= 0.3 is 0 Å². The molecule has 3 rings (SSSR count). The quantitative estimate of drug-likeness (QED) is 0.910. The number of piperazine rings is 1. The molecule has 1 aromatic carbocycles. The molecule has 2 heterocycles. The summed E-state index contributed by atoms with van der Waals surface area (Å²) in [6.45, 7) is 10.2. The van der Waals surface area contributed by atoms with E-state index < -0.39 is 0 Å². The normalized spacial score (nSPS) is 15.7. The second-order valence-corrected chi connectivity index (χ2v) is 5.84. The van der Waals surface area contributed by atoms with Crippen molar-refractivity contribution in [1.82, 2.24) is 20.1 Å². The van der Waals surface area contributed by atoms with Crippen molar-refractivity contribution in [3.63, 3.8) is 0 Å². The number of nitrogens with one attached hydrogen (secondary N) is 1. The Bertz CT molecular complexity index is 636. The maximum absolute atomic E-state index is 4.61. The van der Waals surface area contributed by atoms with E-state index in [2.05, 4.69) is 68.4 Å². The molecule has 1 aliphatic heterocycles. The summed E-state index contributed by atoms with van der Waals surface area (Å²) in [4.78, 5) is 9.26. The highest BCUT2D eigenvalue weighted by atomic mass is 15.4. The average molecular weight is 312 g/mol. The van der Waals surface area contributed by atoms with Crippen LogP contribution in [-0.4, -0.2) is 52.8 Å². The van der Waals surface area contributed by atoms with Crippen LogP contribution < -0.4 is 10.2 Å². The highest BCUT2D eigenvalue weighted by Gasteiger charge is 2.18. The van der Waals surface area contributed by atoms with E-state index in [-0.39, 0.29) is 0 Å². The number of aryl methyl sites for hydroxylation is 1. The van der Waals surface area contributed by atoms with Crippen molar-refractivity contribution in [3.8, 4) is 0 Å². The molecular formula is C17H24N6. The van der Waals surface area contributed by atoms with E-state index in [9.17, 15) is 0 Å². The van der Waals surface area contributed by atoms with Gasteiger partial charge in [-0.25, -0.2) is 0 Å². The molecule has 1 N–H and O–H groups in total. The third-order valence-corrected chi connectivity index (χ3v) is 4.37. The van der Waals surface area contributed by atoms with Gasteiger partial charge < -0.3 is 15.1 Å². The van der Waals surface area contributed by atoms with Gasteiger partial charge in [-0.15, -0.1) is 5.10 Å². The molecule has 0 saturated carbocycles. The Kier molecular flexibility index (Phi) is 5.02. The highest BCUT2D eigenvalue weighted by Crippen LogP contribution is 2.14. The van der Waals surface area contributed by atoms with Crippen LogP contribution in [0.3, 0.4) is 0 Å². The smallest absolute Gasteiger partial charge is 0.247 e. The monoisotopic (exact) mass is 312 g/mol. The maximum Gasteiger partial charge on any atom is 0.247 e. The first kappa shape index (κ1) is 15.7. The van der Waals surface area contributed by atoms with Gasteiger partial charge in [0.1, 0.15) is 0 Å². The van der Waals surface area contributed by atoms with Crippen molar-refractivity contribution < 1.29 is 0 Å². The number of hydrogen-bond acceptors (Lipinski definition) is 6. The second kappa shape index (κ2) is 7.37. The van der Waals surface area contributed by atoms with Gasteiger partial charge in [-0.3, -0.25) is 0 Å². The Morgan fingerprint density at radius 1 is 1.13 bits per heavy atom. The number of nitrogens with zero attached hydrogens (tertiary/aromatic N) is 5. The molecule has 2 aromatic rings. The van der Waals surface area contributed by atoms with E-state index in [4.69, 9.17) is 0 Å². The van der Waals surface area contributed by atoms with Gasteiger partial charge in [-0.05, 0) is 24.6 Å². The zero-order valence-electron chi connectivity index (χ0n) is 13.9. The Balaban J connectivity index is 1.63. The second-order valence-electron chi connectivity index (χ2n) is 5.84. The molecule has 6 nitrogen and oxygen atoms in total. The Morgan fingerprint density at radius 2 is 1.91 bits per heavy atom. The van der Waals surface area contributed by atoms with Crippen molar-refractivity contribution in [1.29, 1.82) is 0 Å². The molecule has 0 bridgehead atoms. The number of hydrogen-bond donors (Lipinski definition) is 1. The summed E-state index contributed by atoms with van der Waals surface area (Å²) < 4.78 is 0. The fraction of sp³-hybridized carbons (Fsp3) is 0.471. The van der Waals surface area contributed by atoms with Crippen molar-refractivity contribution in [2.24, 2.45) is 0 Å². The first-order chi connectivity index (χ1) is 11.3. The number of aromatic nitrogens is 3. The van der Waals surface area contributed by atoms with Gasteiger partial charge in [0.15, 0.2) is 5.82 Å². The van der Waals surface area contributed by atoms with Crippen LogP contribution in [0, 0.1) is 6.92 Å². The molecular weight excluding hydrogens is 288 g/mol. The van der Waals surface area contributed by atoms with Crippen molar-refractivity contribution in [2.45, 2.75) is 20.4 Å². The number of likely N-dealkylation sites (N-methyl/N-ethyl adjacent to an activating group) is 1. The molecule has 1 aliphatic rings. The molecule has 23 heavy (non-hydrogen) atoms. The van der Waals surface area contributed by atoms with E-state index in [0.717, 1.165) is 51.0 Å². The standard InChI is InChI=1S/C17H24N6/c1-3-22-8-10-23(11-9-22)17-20-16(13-19-21-17)18-12-15-7-5-4-6-14(15)2/h4-7,13H,3,8-12H2,1-2H3,(H,18,20,21). The molecule has 122 valence electrons. The predicted octanol–water partition coefficient (Wildman–Crippen LogP) is 1.93. The summed E-state index contributed by atoms with van der Waals surface area (Å²) in [6, 6.07) is 8.36. The van der Waals surface area contributed by atoms with Crippen LogP contribution >= 0.6 is 0 Å². The topological polar surface area (TPSA) is 57.2 Å². The van der Waals surface area contributed by atoms with Crippen LogP contribution in [-0.2, 0) is 6.54 Å². The van der Waals surface area contributed by atoms with E-state index in [1.165, 1.54) is 11.1 Å². The summed E-state index contributed by atoms with van der Waals surface area (Å²) in [7, 11) is 0. The van der Waals surface area contributed by atoms with Crippen LogP contribution in [0.5, 0.6) is 0 Å². The van der Waals surface area contributed by atoms with Crippen LogP contribution in [0.15, 0.2) is 30.5 Å². The van der Waals surface area contributed by atoms with Gasteiger partial charge in [-0.2, -0.15) is 10.1 Å². The lowest BCUT2D eigenvalue weighted by Crippen LogP contribution is -2.46. The average Bonchev–Trinajstić information content (AvgIpc) is 2.61. The first-order valence-electron chi connectivity index (χ1n) is 8.21. The molecule has 1 fully saturated rings. The van der Waals surface area contributed by atoms with Crippen LogP contribution in [0.1, 0.15) is 18.1 Å². The summed E-state index contributed by atoms with van der Waals surface area (Å²) in [5.74, 6) is 1.49. The Hall–Kier alpha value is -2.21. The third kappa shape index (κ3) is 3.96. The minimum absolute atomic E-state index is 0.718. The predicted molar refractivity (Wildman–Crippen MR) is 92.7 cm³/mol. The molecule has 1 aromatic heterocycles. The van der Waals surface area contributed by atoms with E-state index >= 15 is 0 Å². The van der Waals surface area contributed by atoms with Crippen LogP contribution in [0.4, 0.5) is 11.8 Å². The van der Waals surface area contributed by atoms with Gasteiger partial charge in [0, 0.05) is 32.7 Å². The van der Waals surface area contributed by atoms with E-state index in [0.29, 0.717) is 0 Å².